The van der Waals surface area contributed by atoms with Gasteiger partial charge in [0, 0.05) is 7.05 Å². The van der Waals surface area contributed by atoms with Crippen molar-refractivity contribution >= 4 is 11.7 Å². The van der Waals surface area contributed by atoms with Crippen LogP contribution in [0.25, 0.3) is 0 Å². The maximum absolute atomic E-state index is 11.1. The van der Waals surface area contributed by atoms with Crippen LogP contribution in [-0.2, 0) is 11.8 Å². The number of carboxylic acids is 1. The van der Waals surface area contributed by atoms with Gasteiger partial charge in [0.15, 0.2) is 5.69 Å². The lowest BCUT2D eigenvalue weighted by Crippen LogP contribution is -2.16. The van der Waals surface area contributed by atoms with E-state index in [1.165, 1.54) is 17.9 Å². The summed E-state index contributed by atoms with van der Waals surface area (Å²) in [7, 11) is 1.53. The standard InChI is InChI=1S/C10H15N3O4/c1-6(2)4-7(10(14)15)9-8(13(16)17)5-12(3)11-9/h5-7H,4H2,1-3H3,(H,14,15). The molecule has 17 heavy (non-hydrogen) atoms. The van der Waals surface area contributed by atoms with Crippen LogP contribution < -0.4 is 0 Å². The summed E-state index contributed by atoms with van der Waals surface area (Å²) >= 11 is 0. The van der Waals surface area contributed by atoms with E-state index >= 15 is 0 Å². The minimum absolute atomic E-state index is 0.0266. The van der Waals surface area contributed by atoms with Gasteiger partial charge in [-0.2, -0.15) is 5.10 Å². The number of carboxylic acid groups (broad SMARTS) is 1. The van der Waals surface area contributed by atoms with Crippen molar-refractivity contribution in [2.24, 2.45) is 13.0 Å². The van der Waals surface area contributed by atoms with Crippen molar-refractivity contribution < 1.29 is 14.8 Å². The molecule has 1 heterocycles. The number of aromatic nitrogens is 2. The smallest absolute Gasteiger partial charge is 0.312 e. The van der Waals surface area contributed by atoms with Gasteiger partial charge < -0.3 is 5.11 Å². The van der Waals surface area contributed by atoms with Gasteiger partial charge in [0.1, 0.15) is 12.1 Å². The second-order valence-electron chi connectivity index (χ2n) is 4.35. The third kappa shape index (κ3) is 3.02. The van der Waals surface area contributed by atoms with Crippen molar-refractivity contribution in [1.29, 1.82) is 0 Å². The predicted molar refractivity (Wildman–Crippen MR) is 59.7 cm³/mol. The Balaban J connectivity index is 3.17. The monoisotopic (exact) mass is 241 g/mol. The van der Waals surface area contributed by atoms with Crippen LogP contribution in [0, 0.1) is 16.0 Å². The molecule has 0 spiro atoms. The normalized spacial score (nSPS) is 12.7. The van der Waals surface area contributed by atoms with E-state index < -0.39 is 16.8 Å². The molecule has 0 saturated carbocycles. The van der Waals surface area contributed by atoms with Crippen LogP contribution >= 0.6 is 0 Å². The molecule has 7 nitrogen and oxygen atoms in total. The summed E-state index contributed by atoms with van der Waals surface area (Å²) in [4.78, 5) is 21.4. The number of aliphatic carboxylic acids is 1. The maximum atomic E-state index is 11.1. The molecule has 1 unspecified atom stereocenters. The lowest BCUT2D eigenvalue weighted by Gasteiger charge is -2.11. The third-order valence-corrected chi connectivity index (χ3v) is 2.37. The van der Waals surface area contributed by atoms with Gasteiger partial charge in [-0.25, -0.2) is 0 Å². The largest absolute Gasteiger partial charge is 0.481 e. The molecule has 0 saturated heterocycles. The summed E-state index contributed by atoms with van der Waals surface area (Å²) in [6.07, 6.45) is 1.55. The fourth-order valence-electron chi connectivity index (χ4n) is 1.68. The number of aryl methyl sites for hydroxylation is 1. The lowest BCUT2D eigenvalue weighted by atomic mass is 9.94. The average Bonchev–Trinajstić information content (AvgIpc) is 2.55. The van der Waals surface area contributed by atoms with Gasteiger partial charge >= 0.3 is 11.7 Å². The summed E-state index contributed by atoms with van der Waals surface area (Å²) < 4.78 is 1.27. The molecule has 0 aliphatic rings. The number of nitro groups is 1. The Morgan fingerprint density at radius 3 is 2.65 bits per heavy atom. The maximum Gasteiger partial charge on any atom is 0.312 e. The molecule has 1 N–H and O–H groups in total. The minimum atomic E-state index is -1.08. The number of rotatable bonds is 5. The second kappa shape index (κ2) is 4.94. The fraction of sp³-hybridized carbons (Fsp3) is 0.600. The number of nitrogens with zero attached hydrogens (tertiary/aromatic N) is 3. The van der Waals surface area contributed by atoms with Crippen molar-refractivity contribution in [2.45, 2.75) is 26.2 Å². The first-order chi connectivity index (χ1) is 7.82. The van der Waals surface area contributed by atoms with E-state index in [9.17, 15) is 14.9 Å². The highest BCUT2D eigenvalue weighted by Gasteiger charge is 2.31. The molecule has 7 heteroatoms. The Hall–Kier alpha value is -1.92. The van der Waals surface area contributed by atoms with Gasteiger partial charge in [-0.15, -0.1) is 0 Å². The average molecular weight is 241 g/mol. The molecule has 0 aliphatic carbocycles. The molecule has 0 amide bonds. The molecular formula is C10H15N3O4. The fourth-order valence-corrected chi connectivity index (χ4v) is 1.68. The van der Waals surface area contributed by atoms with E-state index in [-0.39, 0.29) is 17.3 Å². The molecule has 0 fully saturated rings. The first-order valence-electron chi connectivity index (χ1n) is 5.23. The van der Waals surface area contributed by atoms with Gasteiger partial charge in [-0.05, 0) is 12.3 Å². The molecule has 1 atom stereocenters. The Morgan fingerprint density at radius 2 is 2.24 bits per heavy atom. The second-order valence-corrected chi connectivity index (χ2v) is 4.35. The highest BCUT2D eigenvalue weighted by atomic mass is 16.6. The van der Waals surface area contributed by atoms with Crippen LogP contribution in [-0.4, -0.2) is 25.8 Å². The Morgan fingerprint density at radius 1 is 1.65 bits per heavy atom. The number of hydrogen-bond acceptors (Lipinski definition) is 4. The molecule has 0 bridgehead atoms. The Labute approximate surface area is 98.2 Å². The van der Waals surface area contributed by atoms with Gasteiger partial charge in [0.2, 0.25) is 0 Å². The van der Waals surface area contributed by atoms with E-state index in [4.69, 9.17) is 5.11 Å². The first kappa shape index (κ1) is 13.1. The first-order valence-corrected chi connectivity index (χ1v) is 5.23. The topological polar surface area (TPSA) is 98.3 Å². The van der Waals surface area contributed by atoms with Crippen molar-refractivity contribution in [3.63, 3.8) is 0 Å². The highest BCUT2D eigenvalue weighted by molar-refractivity contribution is 5.76. The molecule has 0 aromatic carbocycles. The Bertz CT molecular complexity index is 439. The van der Waals surface area contributed by atoms with E-state index in [1.807, 2.05) is 13.8 Å². The molecule has 94 valence electrons. The van der Waals surface area contributed by atoms with Crippen LogP contribution in [0.15, 0.2) is 6.20 Å². The molecule has 1 aromatic heterocycles. The Kier molecular flexibility index (Phi) is 3.82. The van der Waals surface area contributed by atoms with Crippen molar-refractivity contribution in [1.82, 2.24) is 9.78 Å². The highest BCUT2D eigenvalue weighted by Crippen LogP contribution is 2.29. The van der Waals surface area contributed by atoms with Gasteiger partial charge in [0.25, 0.3) is 0 Å². The lowest BCUT2D eigenvalue weighted by molar-refractivity contribution is -0.385. The minimum Gasteiger partial charge on any atom is -0.481 e. The van der Waals surface area contributed by atoms with E-state index in [0.717, 1.165) is 0 Å². The summed E-state index contributed by atoms with van der Waals surface area (Å²) in [5, 5.41) is 23.8. The summed E-state index contributed by atoms with van der Waals surface area (Å²) in [6, 6.07) is 0. The molecule has 1 aromatic rings. The van der Waals surface area contributed by atoms with Crippen molar-refractivity contribution in [3.8, 4) is 0 Å². The molecule has 0 aliphatic heterocycles. The molecule has 0 radical (unpaired) electrons. The zero-order valence-corrected chi connectivity index (χ0v) is 9.95. The van der Waals surface area contributed by atoms with Crippen LogP contribution in [0.3, 0.4) is 0 Å². The summed E-state index contributed by atoms with van der Waals surface area (Å²) in [6.45, 7) is 3.73. The zero-order chi connectivity index (χ0) is 13.2. The van der Waals surface area contributed by atoms with E-state index in [1.54, 1.807) is 0 Å². The zero-order valence-electron chi connectivity index (χ0n) is 9.95. The van der Waals surface area contributed by atoms with E-state index in [0.29, 0.717) is 6.42 Å². The number of hydrogen-bond donors (Lipinski definition) is 1. The third-order valence-electron chi connectivity index (χ3n) is 2.37. The molecular weight excluding hydrogens is 226 g/mol. The van der Waals surface area contributed by atoms with Gasteiger partial charge in [0.05, 0.1) is 4.92 Å². The van der Waals surface area contributed by atoms with E-state index in [2.05, 4.69) is 5.10 Å². The van der Waals surface area contributed by atoms with Crippen molar-refractivity contribution in [3.05, 3.63) is 22.0 Å². The van der Waals surface area contributed by atoms with Crippen LogP contribution in [0.2, 0.25) is 0 Å². The predicted octanol–water partition coefficient (Wildman–Crippen LogP) is 1.54. The summed E-state index contributed by atoms with van der Waals surface area (Å²) in [5.41, 5.74) is -0.209. The van der Waals surface area contributed by atoms with Crippen LogP contribution in [0.1, 0.15) is 31.9 Å². The quantitative estimate of drug-likeness (QED) is 0.622. The summed E-state index contributed by atoms with van der Waals surface area (Å²) in [5.74, 6) is -1.89. The van der Waals surface area contributed by atoms with Crippen LogP contribution in [0.5, 0.6) is 0 Å². The van der Waals surface area contributed by atoms with Gasteiger partial charge in [-0.1, -0.05) is 13.8 Å². The van der Waals surface area contributed by atoms with Gasteiger partial charge in [-0.3, -0.25) is 19.6 Å². The SMILES string of the molecule is CC(C)CC(C(=O)O)c1nn(C)cc1[N+](=O)[O-]. The van der Waals surface area contributed by atoms with Crippen LogP contribution in [0.4, 0.5) is 5.69 Å². The number of carbonyl (C=O) groups is 1. The molecule has 1 rings (SSSR count). The van der Waals surface area contributed by atoms with Crippen molar-refractivity contribution in [2.75, 3.05) is 0 Å².